The summed E-state index contributed by atoms with van der Waals surface area (Å²) in [5.41, 5.74) is 1.12. The largest absolute Gasteiger partial charge is 0.391 e. The number of aliphatic hydroxyl groups excluding tert-OH is 1. The van der Waals surface area contributed by atoms with Crippen LogP contribution in [0.2, 0.25) is 0 Å². The van der Waals surface area contributed by atoms with Gasteiger partial charge in [0.05, 0.1) is 18.3 Å². The summed E-state index contributed by atoms with van der Waals surface area (Å²) >= 11 is 0. The average molecular weight is 332 g/mol. The molecule has 6 nitrogen and oxygen atoms in total. The van der Waals surface area contributed by atoms with Gasteiger partial charge < -0.3 is 15.3 Å². The van der Waals surface area contributed by atoms with Crippen molar-refractivity contribution in [3.63, 3.8) is 0 Å². The van der Waals surface area contributed by atoms with Gasteiger partial charge in [-0.15, -0.1) is 0 Å². The van der Waals surface area contributed by atoms with Crippen molar-refractivity contribution in [1.82, 2.24) is 20.0 Å². The van der Waals surface area contributed by atoms with Crippen molar-refractivity contribution < 1.29 is 9.90 Å². The molecule has 4 rings (SSSR count). The fraction of sp³-hybridized carbons (Fsp3) is 0.778. The van der Waals surface area contributed by atoms with Crippen LogP contribution < -0.4 is 5.32 Å². The first kappa shape index (κ1) is 15.9. The lowest BCUT2D eigenvalue weighted by molar-refractivity contribution is 0.0306. The maximum atomic E-state index is 12.5. The molecule has 3 fully saturated rings. The molecule has 0 unspecified atom stereocenters. The Labute approximate surface area is 143 Å². The summed E-state index contributed by atoms with van der Waals surface area (Å²) < 4.78 is 1.91. The van der Waals surface area contributed by atoms with Crippen LogP contribution in [0.1, 0.15) is 50.1 Å². The van der Waals surface area contributed by atoms with E-state index in [2.05, 4.69) is 10.4 Å². The van der Waals surface area contributed by atoms with Crippen LogP contribution >= 0.6 is 0 Å². The zero-order chi connectivity index (χ0) is 16.7. The molecule has 1 saturated heterocycles. The summed E-state index contributed by atoms with van der Waals surface area (Å²) in [5.74, 6) is 0.888. The number of rotatable bonds is 2. The predicted molar refractivity (Wildman–Crippen MR) is 90.6 cm³/mol. The van der Waals surface area contributed by atoms with Gasteiger partial charge in [0.15, 0.2) is 0 Å². The van der Waals surface area contributed by atoms with Crippen molar-refractivity contribution in [2.75, 3.05) is 13.1 Å². The molecule has 2 amide bonds. The number of likely N-dealkylation sites (tertiary alicyclic amines) is 1. The molecule has 0 aromatic carbocycles. The summed E-state index contributed by atoms with van der Waals surface area (Å²) in [6.45, 7) is 3.62. The van der Waals surface area contributed by atoms with Crippen molar-refractivity contribution in [3.8, 4) is 0 Å². The number of hydrogen-bond donors (Lipinski definition) is 2. The van der Waals surface area contributed by atoms with Crippen LogP contribution in [0.4, 0.5) is 4.79 Å². The average Bonchev–Trinajstić information content (AvgIpc) is 3.26. The highest BCUT2D eigenvalue weighted by atomic mass is 16.3. The lowest BCUT2D eigenvalue weighted by Gasteiger charge is -2.35. The minimum absolute atomic E-state index is 0.0396. The van der Waals surface area contributed by atoms with Crippen molar-refractivity contribution in [1.29, 1.82) is 0 Å². The molecule has 2 saturated carbocycles. The van der Waals surface area contributed by atoms with E-state index in [1.54, 1.807) is 0 Å². The van der Waals surface area contributed by atoms with E-state index in [0.717, 1.165) is 44.3 Å². The molecule has 6 heteroatoms. The molecule has 4 atom stereocenters. The van der Waals surface area contributed by atoms with Gasteiger partial charge in [-0.2, -0.15) is 5.10 Å². The first-order chi connectivity index (χ1) is 11.6. The molecule has 0 spiro atoms. The third-order valence-electron chi connectivity index (χ3n) is 6.15. The fourth-order valence-electron chi connectivity index (χ4n) is 4.81. The van der Waals surface area contributed by atoms with Crippen LogP contribution in [0.15, 0.2) is 12.4 Å². The Bertz CT molecular complexity index is 596. The smallest absolute Gasteiger partial charge is 0.317 e. The Morgan fingerprint density at radius 3 is 2.62 bits per heavy atom. The zero-order valence-corrected chi connectivity index (χ0v) is 14.4. The molecule has 0 radical (unpaired) electrons. The maximum absolute atomic E-state index is 12.5. The van der Waals surface area contributed by atoms with Gasteiger partial charge in [-0.1, -0.05) is 12.8 Å². The van der Waals surface area contributed by atoms with Crippen molar-refractivity contribution in [2.45, 2.75) is 63.6 Å². The van der Waals surface area contributed by atoms with Gasteiger partial charge in [0, 0.05) is 25.3 Å². The van der Waals surface area contributed by atoms with Gasteiger partial charge in [-0.3, -0.25) is 4.68 Å². The standard InChI is InChI=1S/C18H28N4O2/c1-12-8-19-22(9-12)16-6-13-10-21(11-14(13)7-17(16)23)18(24)20-15-4-2-3-5-15/h8-9,13-17,23H,2-7,10-11H2,1H3,(H,20,24)/t13-,14+,16-,17-/m0/s1. The molecule has 2 heterocycles. The summed E-state index contributed by atoms with van der Waals surface area (Å²) in [6.07, 6.45) is 9.84. The Morgan fingerprint density at radius 1 is 1.25 bits per heavy atom. The Balaban J connectivity index is 1.38. The van der Waals surface area contributed by atoms with Gasteiger partial charge >= 0.3 is 6.03 Å². The second-order valence-electron chi connectivity index (χ2n) is 7.96. The third-order valence-corrected chi connectivity index (χ3v) is 6.15. The molecule has 1 aromatic heterocycles. The van der Waals surface area contributed by atoms with Crippen molar-refractivity contribution >= 4 is 6.03 Å². The second-order valence-corrected chi connectivity index (χ2v) is 7.96. The van der Waals surface area contributed by atoms with Crippen LogP contribution in [0.5, 0.6) is 0 Å². The normalized spacial score (nSPS) is 33.7. The molecule has 132 valence electrons. The van der Waals surface area contributed by atoms with E-state index in [-0.39, 0.29) is 18.2 Å². The minimum atomic E-state index is -0.372. The van der Waals surface area contributed by atoms with Crippen LogP contribution in [0.25, 0.3) is 0 Å². The number of aliphatic hydroxyl groups is 1. The fourth-order valence-corrected chi connectivity index (χ4v) is 4.81. The molecule has 2 aliphatic carbocycles. The number of urea groups is 1. The number of hydrogen-bond acceptors (Lipinski definition) is 3. The highest BCUT2D eigenvalue weighted by Crippen LogP contribution is 2.41. The van der Waals surface area contributed by atoms with Gasteiger partial charge in [0.2, 0.25) is 0 Å². The molecule has 1 aliphatic heterocycles. The number of carbonyl (C=O) groups is 1. The van der Waals surface area contributed by atoms with Crippen LogP contribution in [-0.2, 0) is 0 Å². The second kappa shape index (κ2) is 6.39. The van der Waals surface area contributed by atoms with E-state index in [0.29, 0.717) is 17.9 Å². The quantitative estimate of drug-likeness (QED) is 0.871. The zero-order valence-electron chi connectivity index (χ0n) is 14.4. The molecule has 1 aromatic rings. The Morgan fingerprint density at radius 2 is 1.96 bits per heavy atom. The number of fused-ring (bicyclic) bond motifs is 1. The number of nitrogens with zero attached hydrogens (tertiary/aromatic N) is 3. The highest BCUT2D eigenvalue weighted by molar-refractivity contribution is 5.75. The Hall–Kier alpha value is -1.56. The minimum Gasteiger partial charge on any atom is -0.391 e. The molecule has 0 bridgehead atoms. The molecular weight excluding hydrogens is 304 g/mol. The van der Waals surface area contributed by atoms with Crippen LogP contribution in [-0.4, -0.2) is 51.1 Å². The van der Waals surface area contributed by atoms with Gasteiger partial charge in [-0.25, -0.2) is 4.79 Å². The molecule has 3 aliphatic rings. The van der Waals surface area contributed by atoms with E-state index >= 15 is 0 Å². The summed E-state index contributed by atoms with van der Waals surface area (Å²) in [4.78, 5) is 14.5. The lowest BCUT2D eigenvalue weighted by Crippen LogP contribution is -2.43. The van der Waals surface area contributed by atoms with E-state index in [4.69, 9.17) is 0 Å². The topological polar surface area (TPSA) is 70.4 Å². The SMILES string of the molecule is Cc1cnn([C@H]2C[C@H]3CN(C(=O)NC4CCCC4)C[C@H]3C[C@@H]2O)c1. The van der Waals surface area contributed by atoms with E-state index in [9.17, 15) is 9.90 Å². The summed E-state index contributed by atoms with van der Waals surface area (Å²) in [5, 5.41) is 18.1. The van der Waals surface area contributed by atoms with Crippen LogP contribution in [0, 0.1) is 18.8 Å². The van der Waals surface area contributed by atoms with Gasteiger partial charge in [0.25, 0.3) is 0 Å². The summed E-state index contributed by atoms with van der Waals surface area (Å²) in [7, 11) is 0. The van der Waals surface area contributed by atoms with E-state index < -0.39 is 0 Å². The number of amides is 2. The van der Waals surface area contributed by atoms with Crippen molar-refractivity contribution in [2.24, 2.45) is 11.8 Å². The third kappa shape index (κ3) is 3.04. The van der Waals surface area contributed by atoms with E-state index in [1.165, 1.54) is 12.8 Å². The van der Waals surface area contributed by atoms with Crippen LogP contribution in [0.3, 0.4) is 0 Å². The molecule has 2 N–H and O–H groups in total. The number of nitrogens with one attached hydrogen (secondary N) is 1. The predicted octanol–water partition coefficient (Wildman–Crippen LogP) is 2.09. The molecular formula is C18H28N4O2. The molecule has 24 heavy (non-hydrogen) atoms. The van der Waals surface area contributed by atoms with Crippen molar-refractivity contribution in [3.05, 3.63) is 18.0 Å². The monoisotopic (exact) mass is 332 g/mol. The van der Waals surface area contributed by atoms with Gasteiger partial charge in [0.1, 0.15) is 0 Å². The maximum Gasteiger partial charge on any atom is 0.317 e. The Kier molecular flexibility index (Phi) is 4.24. The highest BCUT2D eigenvalue weighted by Gasteiger charge is 2.44. The number of aromatic nitrogens is 2. The first-order valence-corrected chi connectivity index (χ1v) is 9.34. The first-order valence-electron chi connectivity index (χ1n) is 9.34. The number of aryl methyl sites for hydroxylation is 1. The van der Waals surface area contributed by atoms with Gasteiger partial charge in [-0.05, 0) is 50.0 Å². The summed E-state index contributed by atoms with van der Waals surface area (Å²) in [6, 6.07) is 0.501. The lowest BCUT2D eigenvalue weighted by atomic mass is 9.77. The number of carbonyl (C=O) groups excluding carboxylic acids is 1. The van der Waals surface area contributed by atoms with E-state index in [1.807, 2.05) is 28.9 Å².